The highest BCUT2D eigenvalue weighted by molar-refractivity contribution is 5.94. The lowest BCUT2D eigenvalue weighted by Crippen LogP contribution is -2.41. The molecular formula is C20H23N7O2. The summed E-state index contributed by atoms with van der Waals surface area (Å²) >= 11 is 0. The van der Waals surface area contributed by atoms with Gasteiger partial charge >= 0.3 is 0 Å². The molecule has 1 aliphatic heterocycles. The second-order valence-electron chi connectivity index (χ2n) is 7.25. The molecule has 0 aliphatic carbocycles. The molecule has 3 heterocycles. The van der Waals surface area contributed by atoms with E-state index in [1.165, 1.54) is 6.92 Å². The van der Waals surface area contributed by atoms with Crippen LogP contribution in [0.4, 0.5) is 17.2 Å². The maximum Gasteiger partial charge on any atom is 0.229 e. The van der Waals surface area contributed by atoms with E-state index in [0.717, 1.165) is 31.0 Å². The number of amides is 2. The smallest absolute Gasteiger partial charge is 0.229 e. The van der Waals surface area contributed by atoms with E-state index in [4.69, 9.17) is 0 Å². The number of nitrogens with zero attached hydrogens (tertiary/aromatic N) is 5. The van der Waals surface area contributed by atoms with E-state index >= 15 is 0 Å². The van der Waals surface area contributed by atoms with Crippen molar-refractivity contribution in [3.8, 4) is 0 Å². The fraction of sp³-hybridized carbons (Fsp3) is 0.350. The number of aryl methyl sites for hydroxylation is 1. The number of nitrogens with one attached hydrogen (secondary N) is 2. The third-order valence-electron chi connectivity index (χ3n) is 4.97. The Morgan fingerprint density at radius 2 is 1.90 bits per heavy atom. The van der Waals surface area contributed by atoms with Gasteiger partial charge in [-0.1, -0.05) is 6.07 Å². The monoisotopic (exact) mass is 393 g/mol. The number of rotatable bonds is 4. The highest BCUT2D eigenvalue weighted by Gasteiger charge is 2.27. The van der Waals surface area contributed by atoms with Crippen LogP contribution in [0, 0.1) is 12.8 Å². The van der Waals surface area contributed by atoms with Crippen LogP contribution in [0.2, 0.25) is 0 Å². The quantitative estimate of drug-likeness (QED) is 0.704. The van der Waals surface area contributed by atoms with Crippen molar-refractivity contribution in [2.24, 2.45) is 5.92 Å². The van der Waals surface area contributed by atoms with Gasteiger partial charge in [-0.05, 0) is 50.1 Å². The summed E-state index contributed by atoms with van der Waals surface area (Å²) in [5.74, 6) is 1.21. The van der Waals surface area contributed by atoms with Crippen LogP contribution >= 0.6 is 0 Å². The standard InChI is InChI=1S/C20H23N7O2/c1-13-23-24-18-8-9-19(25-27(13)18)26-10-4-5-15(12-26)20(29)22-17-7-3-6-16(11-17)21-14(2)28/h3,6-9,11,15H,4-5,10,12H2,1-2H3,(H,21,28)(H,22,29)/t15-/m0/s1. The Labute approximate surface area is 168 Å². The summed E-state index contributed by atoms with van der Waals surface area (Å²) in [4.78, 5) is 26.2. The Hall–Kier alpha value is -3.49. The Balaban J connectivity index is 1.45. The number of hydrogen-bond acceptors (Lipinski definition) is 6. The van der Waals surface area contributed by atoms with Crippen molar-refractivity contribution in [2.45, 2.75) is 26.7 Å². The fourth-order valence-corrected chi connectivity index (χ4v) is 3.58. The topological polar surface area (TPSA) is 105 Å². The predicted octanol–water partition coefficient (Wildman–Crippen LogP) is 2.25. The summed E-state index contributed by atoms with van der Waals surface area (Å²) in [7, 11) is 0. The van der Waals surface area contributed by atoms with Gasteiger partial charge in [0.25, 0.3) is 0 Å². The van der Waals surface area contributed by atoms with Gasteiger partial charge in [-0.3, -0.25) is 9.59 Å². The van der Waals surface area contributed by atoms with Gasteiger partial charge in [0.2, 0.25) is 11.8 Å². The van der Waals surface area contributed by atoms with Gasteiger partial charge in [0.05, 0.1) is 5.92 Å². The van der Waals surface area contributed by atoms with Crippen LogP contribution in [-0.4, -0.2) is 44.7 Å². The first-order chi connectivity index (χ1) is 14.0. The van der Waals surface area contributed by atoms with Crippen LogP contribution < -0.4 is 15.5 Å². The fourth-order valence-electron chi connectivity index (χ4n) is 3.58. The van der Waals surface area contributed by atoms with Crippen LogP contribution in [-0.2, 0) is 9.59 Å². The first kappa shape index (κ1) is 18.9. The van der Waals surface area contributed by atoms with E-state index in [2.05, 4.69) is 30.8 Å². The predicted molar refractivity (Wildman–Crippen MR) is 110 cm³/mol. The van der Waals surface area contributed by atoms with Gasteiger partial charge in [-0.25, -0.2) is 0 Å². The van der Waals surface area contributed by atoms with Gasteiger partial charge in [0, 0.05) is 31.4 Å². The molecule has 3 aromatic rings. The second-order valence-corrected chi connectivity index (χ2v) is 7.25. The third kappa shape index (κ3) is 4.18. The molecule has 9 nitrogen and oxygen atoms in total. The zero-order chi connectivity index (χ0) is 20.4. The van der Waals surface area contributed by atoms with Crippen molar-refractivity contribution in [3.63, 3.8) is 0 Å². The number of benzene rings is 1. The summed E-state index contributed by atoms with van der Waals surface area (Å²) in [6, 6.07) is 11.0. The lowest BCUT2D eigenvalue weighted by atomic mass is 9.97. The Bertz CT molecular complexity index is 1060. The zero-order valence-electron chi connectivity index (χ0n) is 16.4. The minimum absolute atomic E-state index is 0.0313. The number of anilines is 3. The summed E-state index contributed by atoms with van der Waals surface area (Å²) in [5.41, 5.74) is 2.03. The molecule has 4 rings (SSSR count). The molecule has 1 aromatic carbocycles. The molecule has 29 heavy (non-hydrogen) atoms. The molecule has 1 fully saturated rings. The van der Waals surface area contributed by atoms with Gasteiger partial charge in [0.1, 0.15) is 5.82 Å². The van der Waals surface area contributed by atoms with E-state index in [1.807, 2.05) is 25.1 Å². The zero-order valence-corrected chi connectivity index (χ0v) is 16.4. The van der Waals surface area contributed by atoms with Crippen molar-refractivity contribution in [3.05, 3.63) is 42.2 Å². The molecule has 0 radical (unpaired) electrons. The molecule has 2 N–H and O–H groups in total. The first-order valence-electron chi connectivity index (χ1n) is 9.62. The molecule has 150 valence electrons. The molecule has 0 saturated carbocycles. The maximum atomic E-state index is 12.8. The number of carbonyl (C=O) groups excluding carboxylic acids is 2. The second kappa shape index (κ2) is 7.86. The summed E-state index contributed by atoms with van der Waals surface area (Å²) in [5, 5.41) is 18.4. The molecule has 1 saturated heterocycles. The van der Waals surface area contributed by atoms with E-state index in [9.17, 15) is 9.59 Å². The summed E-state index contributed by atoms with van der Waals surface area (Å²) in [6.07, 6.45) is 1.73. The molecule has 0 bridgehead atoms. The number of aromatic nitrogens is 4. The van der Waals surface area contributed by atoms with Crippen LogP contribution in [0.25, 0.3) is 5.65 Å². The van der Waals surface area contributed by atoms with Crippen LogP contribution in [0.15, 0.2) is 36.4 Å². The van der Waals surface area contributed by atoms with E-state index in [0.29, 0.717) is 23.6 Å². The maximum absolute atomic E-state index is 12.8. The SMILES string of the molecule is CC(=O)Nc1cccc(NC(=O)[C@H]2CCCN(c3ccc4nnc(C)n4n3)C2)c1. The number of fused-ring (bicyclic) bond motifs is 1. The lowest BCUT2D eigenvalue weighted by Gasteiger charge is -2.32. The van der Waals surface area contributed by atoms with Crippen molar-refractivity contribution in [1.82, 2.24) is 19.8 Å². The molecule has 1 atom stereocenters. The molecule has 9 heteroatoms. The summed E-state index contributed by atoms with van der Waals surface area (Å²) in [6.45, 7) is 4.76. The molecule has 1 aliphatic rings. The number of piperidine rings is 1. The minimum atomic E-state index is -0.149. The summed E-state index contributed by atoms with van der Waals surface area (Å²) < 4.78 is 1.71. The number of hydrogen-bond donors (Lipinski definition) is 2. The Kier molecular flexibility index (Phi) is 5.11. The van der Waals surface area contributed by atoms with E-state index < -0.39 is 0 Å². The Morgan fingerprint density at radius 1 is 1.10 bits per heavy atom. The molecule has 2 amide bonds. The van der Waals surface area contributed by atoms with Crippen molar-refractivity contribution in [1.29, 1.82) is 0 Å². The van der Waals surface area contributed by atoms with Crippen LogP contribution in [0.3, 0.4) is 0 Å². The highest BCUT2D eigenvalue weighted by Crippen LogP contribution is 2.24. The van der Waals surface area contributed by atoms with Crippen molar-refractivity contribution in [2.75, 3.05) is 28.6 Å². The van der Waals surface area contributed by atoms with Crippen molar-refractivity contribution < 1.29 is 9.59 Å². The van der Waals surface area contributed by atoms with Gasteiger partial charge in [-0.2, -0.15) is 4.52 Å². The van der Waals surface area contributed by atoms with E-state index in [1.54, 1.807) is 22.7 Å². The third-order valence-corrected chi connectivity index (χ3v) is 4.97. The number of carbonyl (C=O) groups is 2. The molecule has 2 aromatic heterocycles. The van der Waals surface area contributed by atoms with Crippen molar-refractivity contribution >= 4 is 34.7 Å². The van der Waals surface area contributed by atoms with Crippen LogP contribution in [0.1, 0.15) is 25.6 Å². The van der Waals surface area contributed by atoms with Gasteiger partial charge in [-0.15, -0.1) is 15.3 Å². The lowest BCUT2D eigenvalue weighted by molar-refractivity contribution is -0.120. The Morgan fingerprint density at radius 3 is 2.69 bits per heavy atom. The first-order valence-corrected chi connectivity index (χ1v) is 9.62. The molecular weight excluding hydrogens is 370 g/mol. The normalized spacial score (nSPS) is 16.6. The average molecular weight is 393 g/mol. The van der Waals surface area contributed by atoms with Gasteiger partial charge in [0.15, 0.2) is 11.5 Å². The average Bonchev–Trinajstić information content (AvgIpc) is 3.08. The van der Waals surface area contributed by atoms with E-state index in [-0.39, 0.29) is 17.7 Å². The molecule has 0 unspecified atom stereocenters. The van der Waals surface area contributed by atoms with Gasteiger partial charge < -0.3 is 15.5 Å². The molecule has 0 spiro atoms. The largest absolute Gasteiger partial charge is 0.354 e. The minimum Gasteiger partial charge on any atom is -0.354 e. The van der Waals surface area contributed by atoms with Crippen LogP contribution in [0.5, 0.6) is 0 Å². The highest BCUT2D eigenvalue weighted by atomic mass is 16.2.